The third kappa shape index (κ3) is 3.03. The second-order valence-corrected chi connectivity index (χ2v) is 6.33. The minimum Gasteiger partial charge on any atom is -0.353 e. The molecule has 1 amide bonds. The summed E-state index contributed by atoms with van der Waals surface area (Å²) in [6.45, 7) is 0.702. The van der Waals surface area contributed by atoms with Crippen LogP contribution in [0.15, 0.2) is 18.7 Å². The quantitative estimate of drug-likeness (QED) is 0.870. The SMILES string of the molecule is NC1CC2CCCC(C1)C2NC(=O)CCn1ccnc1. The number of hydrogen-bond acceptors (Lipinski definition) is 3. The van der Waals surface area contributed by atoms with E-state index in [-0.39, 0.29) is 5.91 Å². The highest BCUT2D eigenvalue weighted by Gasteiger charge is 2.39. The Morgan fingerprint density at radius 1 is 1.35 bits per heavy atom. The molecule has 1 heterocycles. The maximum Gasteiger partial charge on any atom is 0.222 e. The number of rotatable bonds is 4. The Hall–Kier alpha value is -1.36. The van der Waals surface area contributed by atoms with Crippen LogP contribution in [0.4, 0.5) is 0 Å². The standard InChI is InChI=1S/C15H24N4O/c16-13-8-11-2-1-3-12(9-13)15(11)18-14(20)4-6-19-7-5-17-10-19/h5,7,10-13,15H,1-4,6,8-9,16H2,(H,18,20). The second-order valence-electron chi connectivity index (χ2n) is 6.33. The van der Waals surface area contributed by atoms with E-state index in [0.29, 0.717) is 36.9 Å². The van der Waals surface area contributed by atoms with E-state index >= 15 is 0 Å². The zero-order valence-electron chi connectivity index (χ0n) is 11.9. The summed E-state index contributed by atoms with van der Waals surface area (Å²) in [7, 11) is 0. The van der Waals surface area contributed by atoms with Gasteiger partial charge in [0, 0.05) is 37.4 Å². The number of fused-ring (bicyclic) bond motifs is 2. The fraction of sp³-hybridized carbons (Fsp3) is 0.733. The monoisotopic (exact) mass is 276 g/mol. The van der Waals surface area contributed by atoms with Crippen LogP contribution < -0.4 is 11.1 Å². The summed E-state index contributed by atoms with van der Waals surface area (Å²) in [5.74, 6) is 1.35. The molecule has 0 spiro atoms. The average Bonchev–Trinajstić information content (AvgIpc) is 2.91. The van der Waals surface area contributed by atoms with Crippen LogP contribution in [0.3, 0.4) is 0 Å². The fourth-order valence-electron chi connectivity index (χ4n) is 3.93. The summed E-state index contributed by atoms with van der Waals surface area (Å²) in [6.07, 6.45) is 11.8. The third-order valence-electron chi connectivity index (χ3n) is 4.86. The van der Waals surface area contributed by atoms with Crippen LogP contribution in [0.25, 0.3) is 0 Å². The number of nitrogens with one attached hydrogen (secondary N) is 1. The van der Waals surface area contributed by atoms with E-state index in [1.807, 2.05) is 10.8 Å². The van der Waals surface area contributed by atoms with Crippen LogP contribution in [0, 0.1) is 11.8 Å². The molecular weight excluding hydrogens is 252 g/mol. The van der Waals surface area contributed by atoms with E-state index in [4.69, 9.17) is 5.73 Å². The Morgan fingerprint density at radius 2 is 2.10 bits per heavy atom. The predicted molar refractivity (Wildman–Crippen MR) is 76.8 cm³/mol. The van der Waals surface area contributed by atoms with Gasteiger partial charge in [-0.3, -0.25) is 4.79 Å². The van der Waals surface area contributed by atoms with Crippen molar-refractivity contribution in [3.63, 3.8) is 0 Å². The van der Waals surface area contributed by atoms with Gasteiger partial charge in [0.25, 0.3) is 0 Å². The van der Waals surface area contributed by atoms with E-state index in [9.17, 15) is 4.79 Å². The van der Waals surface area contributed by atoms with Crippen LogP contribution in [0.5, 0.6) is 0 Å². The van der Waals surface area contributed by atoms with E-state index in [1.165, 1.54) is 19.3 Å². The maximum absolute atomic E-state index is 12.1. The number of hydrogen-bond donors (Lipinski definition) is 2. The zero-order chi connectivity index (χ0) is 13.9. The van der Waals surface area contributed by atoms with Crippen LogP contribution in [-0.4, -0.2) is 27.5 Å². The first-order chi connectivity index (χ1) is 9.72. The molecule has 2 saturated carbocycles. The zero-order valence-corrected chi connectivity index (χ0v) is 11.9. The number of nitrogens with zero attached hydrogens (tertiary/aromatic N) is 2. The van der Waals surface area contributed by atoms with Gasteiger partial charge in [-0.2, -0.15) is 0 Å². The summed E-state index contributed by atoms with van der Waals surface area (Å²) >= 11 is 0. The minimum atomic E-state index is 0.163. The van der Waals surface area contributed by atoms with Gasteiger partial charge in [-0.15, -0.1) is 0 Å². The Bertz CT molecular complexity index is 431. The van der Waals surface area contributed by atoms with Gasteiger partial charge in [0.1, 0.15) is 0 Å². The second kappa shape index (κ2) is 5.95. The van der Waals surface area contributed by atoms with Gasteiger partial charge in [-0.25, -0.2) is 4.98 Å². The van der Waals surface area contributed by atoms with Crippen molar-refractivity contribution >= 4 is 5.91 Å². The first-order valence-electron chi connectivity index (χ1n) is 7.73. The normalized spacial score (nSPS) is 32.9. The molecule has 2 unspecified atom stereocenters. The molecule has 0 radical (unpaired) electrons. The lowest BCUT2D eigenvalue weighted by molar-refractivity contribution is -0.123. The summed E-state index contributed by atoms with van der Waals surface area (Å²) in [5.41, 5.74) is 6.12. The maximum atomic E-state index is 12.1. The predicted octanol–water partition coefficient (Wildman–Crippen LogP) is 1.30. The van der Waals surface area contributed by atoms with Gasteiger partial charge in [0.15, 0.2) is 0 Å². The molecule has 2 aliphatic rings. The van der Waals surface area contributed by atoms with Crippen LogP contribution in [0.1, 0.15) is 38.5 Å². The van der Waals surface area contributed by atoms with Crippen molar-refractivity contribution in [2.24, 2.45) is 17.6 Å². The van der Waals surface area contributed by atoms with Crippen LogP contribution in [-0.2, 0) is 11.3 Å². The molecule has 20 heavy (non-hydrogen) atoms. The van der Waals surface area contributed by atoms with Crippen LogP contribution in [0.2, 0.25) is 0 Å². The molecule has 0 aliphatic heterocycles. The topological polar surface area (TPSA) is 72.9 Å². The highest BCUT2D eigenvalue weighted by Crippen LogP contribution is 2.39. The van der Waals surface area contributed by atoms with Gasteiger partial charge < -0.3 is 15.6 Å². The molecule has 2 aliphatic carbocycles. The summed E-state index contributed by atoms with van der Waals surface area (Å²) in [5, 5.41) is 3.28. The van der Waals surface area contributed by atoms with Crippen molar-refractivity contribution in [3.05, 3.63) is 18.7 Å². The Balaban J connectivity index is 1.53. The largest absolute Gasteiger partial charge is 0.353 e. The Labute approximate surface area is 119 Å². The molecule has 2 fully saturated rings. The Morgan fingerprint density at radius 3 is 2.75 bits per heavy atom. The van der Waals surface area contributed by atoms with Gasteiger partial charge >= 0.3 is 0 Å². The summed E-state index contributed by atoms with van der Waals surface area (Å²) < 4.78 is 1.94. The van der Waals surface area contributed by atoms with Crippen molar-refractivity contribution in [2.75, 3.05) is 0 Å². The van der Waals surface area contributed by atoms with E-state index in [1.54, 1.807) is 12.5 Å². The van der Waals surface area contributed by atoms with Crippen molar-refractivity contribution in [2.45, 2.75) is 57.2 Å². The molecule has 1 aromatic heterocycles. The number of aryl methyl sites for hydroxylation is 1. The number of carbonyl (C=O) groups is 1. The minimum absolute atomic E-state index is 0.163. The first-order valence-corrected chi connectivity index (χ1v) is 7.73. The molecule has 2 atom stereocenters. The summed E-state index contributed by atoms with van der Waals surface area (Å²) in [4.78, 5) is 16.1. The average molecular weight is 276 g/mol. The van der Waals surface area contributed by atoms with Gasteiger partial charge in [0.2, 0.25) is 5.91 Å². The van der Waals surface area contributed by atoms with Crippen molar-refractivity contribution < 1.29 is 4.79 Å². The lowest BCUT2D eigenvalue weighted by Gasteiger charge is -2.45. The number of amides is 1. The van der Waals surface area contributed by atoms with Crippen molar-refractivity contribution in [1.82, 2.24) is 14.9 Å². The van der Waals surface area contributed by atoms with Crippen molar-refractivity contribution in [1.29, 1.82) is 0 Å². The smallest absolute Gasteiger partial charge is 0.222 e. The summed E-state index contributed by atoms with van der Waals surface area (Å²) in [6, 6.07) is 0.697. The number of aromatic nitrogens is 2. The Kier molecular flexibility index (Phi) is 4.05. The third-order valence-corrected chi connectivity index (χ3v) is 4.86. The number of imidazole rings is 1. The van der Waals surface area contributed by atoms with Crippen LogP contribution >= 0.6 is 0 Å². The van der Waals surface area contributed by atoms with E-state index in [0.717, 1.165) is 12.8 Å². The number of carbonyl (C=O) groups excluding carboxylic acids is 1. The van der Waals surface area contributed by atoms with Gasteiger partial charge in [-0.1, -0.05) is 6.42 Å². The molecule has 3 N–H and O–H groups in total. The lowest BCUT2D eigenvalue weighted by atomic mass is 9.67. The first kappa shape index (κ1) is 13.6. The molecule has 0 aromatic carbocycles. The highest BCUT2D eigenvalue weighted by atomic mass is 16.1. The molecule has 110 valence electrons. The fourth-order valence-corrected chi connectivity index (χ4v) is 3.93. The number of nitrogens with two attached hydrogens (primary N) is 1. The molecule has 2 bridgehead atoms. The molecule has 5 heteroatoms. The molecule has 1 aromatic rings. The van der Waals surface area contributed by atoms with Gasteiger partial charge in [0.05, 0.1) is 6.33 Å². The molecule has 0 saturated heterocycles. The van der Waals surface area contributed by atoms with Gasteiger partial charge in [-0.05, 0) is 37.5 Å². The van der Waals surface area contributed by atoms with Crippen molar-refractivity contribution in [3.8, 4) is 0 Å². The highest BCUT2D eigenvalue weighted by molar-refractivity contribution is 5.76. The van der Waals surface area contributed by atoms with E-state index < -0.39 is 0 Å². The molecule has 3 rings (SSSR count). The van der Waals surface area contributed by atoms with E-state index in [2.05, 4.69) is 10.3 Å². The molecular formula is C15H24N4O. The molecule has 5 nitrogen and oxygen atoms in total. The lowest BCUT2D eigenvalue weighted by Crippen LogP contribution is -2.53.